The number of nitrogens with zero attached hydrogens (tertiary/aromatic N) is 6. The van der Waals surface area contributed by atoms with Gasteiger partial charge in [0.25, 0.3) is 0 Å². The number of aromatic nitrogens is 7. The standard InChI is InChI=1S/C13H17F3N8O/c14-13(15,16)10-19-11(21-20-10)18-9(25)6-12(4-2-1-3-5-12)7-24-8-17-22-23-24/h8H,1-7H2,(H2,18,19,20,21,25). The highest BCUT2D eigenvalue weighted by atomic mass is 19.4. The lowest BCUT2D eigenvalue weighted by Gasteiger charge is -2.36. The van der Waals surface area contributed by atoms with Gasteiger partial charge < -0.3 is 0 Å². The zero-order valence-corrected chi connectivity index (χ0v) is 13.3. The third-order valence-electron chi connectivity index (χ3n) is 4.34. The Morgan fingerprint density at radius 1 is 1.32 bits per heavy atom. The van der Waals surface area contributed by atoms with Crippen LogP contribution in [-0.4, -0.2) is 41.3 Å². The summed E-state index contributed by atoms with van der Waals surface area (Å²) in [4.78, 5) is 15.6. The highest BCUT2D eigenvalue weighted by molar-refractivity contribution is 5.89. The topological polar surface area (TPSA) is 114 Å². The largest absolute Gasteiger partial charge is 0.451 e. The molecule has 2 aromatic rings. The summed E-state index contributed by atoms with van der Waals surface area (Å²) < 4.78 is 39.1. The van der Waals surface area contributed by atoms with Crippen LogP contribution < -0.4 is 5.32 Å². The van der Waals surface area contributed by atoms with Crippen LogP contribution in [0.2, 0.25) is 0 Å². The lowest BCUT2D eigenvalue weighted by molar-refractivity contribution is -0.144. The average molecular weight is 358 g/mol. The molecule has 1 amide bonds. The molecule has 2 aromatic heterocycles. The molecule has 12 heteroatoms. The molecular weight excluding hydrogens is 341 g/mol. The Bertz CT molecular complexity index is 705. The molecule has 0 aromatic carbocycles. The molecule has 0 bridgehead atoms. The van der Waals surface area contributed by atoms with E-state index in [4.69, 9.17) is 0 Å². The van der Waals surface area contributed by atoms with Gasteiger partial charge in [-0.15, -0.1) is 10.2 Å². The van der Waals surface area contributed by atoms with Crippen LogP contribution in [0.5, 0.6) is 0 Å². The summed E-state index contributed by atoms with van der Waals surface area (Å²) in [7, 11) is 0. The molecule has 136 valence electrons. The maximum Gasteiger partial charge on any atom is 0.451 e. The first kappa shape index (κ1) is 17.3. The summed E-state index contributed by atoms with van der Waals surface area (Å²) in [5, 5.41) is 18.5. The van der Waals surface area contributed by atoms with Crippen molar-refractivity contribution in [2.45, 2.75) is 51.2 Å². The number of rotatable bonds is 5. The van der Waals surface area contributed by atoms with Crippen LogP contribution in [0.25, 0.3) is 0 Å². The van der Waals surface area contributed by atoms with Crippen LogP contribution >= 0.6 is 0 Å². The molecule has 0 unspecified atom stereocenters. The van der Waals surface area contributed by atoms with E-state index < -0.39 is 17.9 Å². The van der Waals surface area contributed by atoms with E-state index in [1.54, 1.807) is 9.78 Å². The Labute approximate surface area is 140 Å². The van der Waals surface area contributed by atoms with Crippen LogP contribution in [0.1, 0.15) is 44.3 Å². The van der Waals surface area contributed by atoms with E-state index in [0.29, 0.717) is 6.54 Å². The van der Waals surface area contributed by atoms with Crippen molar-refractivity contribution in [2.75, 3.05) is 5.32 Å². The predicted molar refractivity (Wildman–Crippen MR) is 78.0 cm³/mol. The van der Waals surface area contributed by atoms with Gasteiger partial charge in [-0.25, -0.2) is 4.68 Å². The molecular formula is C13H17F3N8O. The Morgan fingerprint density at radius 2 is 2.08 bits per heavy atom. The van der Waals surface area contributed by atoms with Crippen molar-refractivity contribution in [3.05, 3.63) is 12.2 Å². The Morgan fingerprint density at radius 3 is 2.68 bits per heavy atom. The van der Waals surface area contributed by atoms with Crippen molar-refractivity contribution in [3.8, 4) is 0 Å². The summed E-state index contributed by atoms with van der Waals surface area (Å²) in [6.45, 7) is 0.481. The number of hydrogen-bond donors (Lipinski definition) is 2. The second-order valence-electron chi connectivity index (χ2n) is 6.30. The van der Waals surface area contributed by atoms with Gasteiger partial charge in [0.1, 0.15) is 6.33 Å². The van der Waals surface area contributed by atoms with Gasteiger partial charge in [0.2, 0.25) is 17.7 Å². The first-order valence-electron chi connectivity index (χ1n) is 7.87. The van der Waals surface area contributed by atoms with E-state index in [0.717, 1.165) is 32.1 Å². The lowest BCUT2D eigenvalue weighted by atomic mass is 9.71. The van der Waals surface area contributed by atoms with Crippen LogP contribution in [0.4, 0.5) is 19.1 Å². The summed E-state index contributed by atoms with van der Waals surface area (Å²) in [6, 6.07) is 0. The number of nitrogens with one attached hydrogen (secondary N) is 2. The highest BCUT2D eigenvalue weighted by Crippen LogP contribution is 2.40. The molecule has 1 aliphatic carbocycles. The van der Waals surface area contributed by atoms with Gasteiger partial charge in [-0.2, -0.15) is 18.2 Å². The number of amides is 1. The molecule has 0 radical (unpaired) electrons. The number of H-pyrrole nitrogens is 1. The molecule has 3 rings (SSSR count). The Kier molecular flexibility index (Phi) is 4.68. The summed E-state index contributed by atoms with van der Waals surface area (Å²) in [6.07, 6.45) is 1.68. The molecule has 1 fully saturated rings. The number of alkyl halides is 3. The number of hydrogen-bond acceptors (Lipinski definition) is 6. The van der Waals surface area contributed by atoms with Gasteiger partial charge in [0, 0.05) is 6.42 Å². The van der Waals surface area contributed by atoms with E-state index in [2.05, 4.69) is 30.9 Å². The summed E-state index contributed by atoms with van der Waals surface area (Å²) >= 11 is 0. The van der Waals surface area contributed by atoms with Gasteiger partial charge in [-0.3, -0.25) is 15.2 Å². The minimum atomic E-state index is -4.64. The van der Waals surface area contributed by atoms with E-state index in [9.17, 15) is 18.0 Å². The van der Waals surface area contributed by atoms with Crippen LogP contribution in [0, 0.1) is 5.41 Å². The third kappa shape index (κ3) is 4.31. The zero-order valence-electron chi connectivity index (χ0n) is 13.3. The minimum Gasteiger partial charge on any atom is -0.293 e. The average Bonchev–Trinajstić information content (AvgIpc) is 3.19. The fourth-order valence-corrected chi connectivity index (χ4v) is 3.24. The van der Waals surface area contributed by atoms with Crippen molar-refractivity contribution < 1.29 is 18.0 Å². The molecule has 0 saturated heterocycles. The van der Waals surface area contributed by atoms with Crippen LogP contribution in [-0.2, 0) is 17.5 Å². The number of carbonyl (C=O) groups is 1. The molecule has 2 N–H and O–H groups in total. The maximum absolute atomic E-state index is 12.5. The van der Waals surface area contributed by atoms with Gasteiger partial charge in [-0.1, -0.05) is 19.3 Å². The normalized spacial score (nSPS) is 17.4. The third-order valence-corrected chi connectivity index (χ3v) is 4.34. The quantitative estimate of drug-likeness (QED) is 0.842. The minimum absolute atomic E-state index is 0.142. The first-order chi connectivity index (χ1) is 11.9. The highest BCUT2D eigenvalue weighted by Gasteiger charge is 2.37. The maximum atomic E-state index is 12.5. The number of anilines is 1. The molecule has 0 spiro atoms. The number of aromatic amines is 1. The van der Waals surface area contributed by atoms with Crippen LogP contribution in [0.15, 0.2) is 6.33 Å². The SMILES string of the molecule is O=C(CC1(Cn2cnnn2)CCCCC1)Nc1n[nH]c(C(F)(F)F)n1. The summed E-state index contributed by atoms with van der Waals surface area (Å²) in [5.74, 6) is -2.06. The van der Waals surface area contributed by atoms with Crippen molar-refractivity contribution >= 4 is 11.9 Å². The van der Waals surface area contributed by atoms with E-state index in [1.807, 2.05) is 0 Å². The molecule has 25 heavy (non-hydrogen) atoms. The smallest absolute Gasteiger partial charge is 0.293 e. The van der Waals surface area contributed by atoms with E-state index in [1.165, 1.54) is 6.33 Å². The van der Waals surface area contributed by atoms with Crippen molar-refractivity contribution in [1.82, 2.24) is 35.4 Å². The first-order valence-corrected chi connectivity index (χ1v) is 7.87. The van der Waals surface area contributed by atoms with E-state index in [-0.39, 0.29) is 17.8 Å². The fourth-order valence-electron chi connectivity index (χ4n) is 3.24. The second kappa shape index (κ2) is 6.76. The predicted octanol–water partition coefficient (Wildman–Crippen LogP) is 1.79. The second-order valence-corrected chi connectivity index (χ2v) is 6.30. The molecule has 0 aliphatic heterocycles. The van der Waals surface area contributed by atoms with Crippen LogP contribution in [0.3, 0.4) is 0 Å². The van der Waals surface area contributed by atoms with Crippen molar-refractivity contribution in [1.29, 1.82) is 0 Å². The monoisotopic (exact) mass is 358 g/mol. The van der Waals surface area contributed by atoms with Gasteiger partial charge in [-0.05, 0) is 28.7 Å². The number of carbonyl (C=O) groups excluding carboxylic acids is 1. The Hall–Kier alpha value is -2.53. The van der Waals surface area contributed by atoms with E-state index >= 15 is 0 Å². The Balaban J connectivity index is 1.67. The molecule has 9 nitrogen and oxygen atoms in total. The number of halogens is 3. The molecule has 0 atom stereocenters. The molecule has 1 saturated carbocycles. The van der Waals surface area contributed by atoms with Crippen molar-refractivity contribution in [2.24, 2.45) is 5.41 Å². The fraction of sp³-hybridized carbons (Fsp3) is 0.692. The zero-order chi connectivity index (χ0) is 17.9. The van der Waals surface area contributed by atoms with Gasteiger partial charge >= 0.3 is 6.18 Å². The molecule has 2 heterocycles. The van der Waals surface area contributed by atoms with Gasteiger partial charge in [0.05, 0.1) is 6.54 Å². The lowest BCUT2D eigenvalue weighted by Crippen LogP contribution is -2.34. The van der Waals surface area contributed by atoms with Gasteiger partial charge in [0.15, 0.2) is 0 Å². The molecule has 1 aliphatic rings. The van der Waals surface area contributed by atoms with Crippen molar-refractivity contribution in [3.63, 3.8) is 0 Å². The number of tetrazole rings is 1. The summed E-state index contributed by atoms with van der Waals surface area (Å²) in [5.41, 5.74) is -0.332.